The van der Waals surface area contributed by atoms with Crippen molar-refractivity contribution >= 4 is 11.9 Å². The van der Waals surface area contributed by atoms with Crippen LogP contribution in [0.25, 0.3) is 5.69 Å². The molecule has 0 radical (unpaired) electrons. The fraction of sp³-hybridized carbons (Fsp3) is 0.353. The average molecular weight is 328 g/mol. The third-order valence-corrected chi connectivity index (χ3v) is 4.11. The molecule has 1 amide bonds. The summed E-state index contributed by atoms with van der Waals surface area (Å²) in [7, 11) is 0. The highest BCUT2D eigenvalue weighted by molar-refractivity contribution is 5.84. The quantitative estimate of drug-likeness (QED) is 0.727. The van der Waals surface area contributed by atoms with Gasteiger partial charge in [-0.2, -0.15) is 5.10 Å². The van der Waals surface area contributed by atoms with Crippen molar-refractivity contribution in [2.24, 2.45) is 0 Å². The minimum Gasteiger partial charge on any atom is -0.480 e. The maximum Gasteiger partial charge on any atom is 0.320 e. The van der Waals surface area contributed by atoms with Gasteiger partial charge in [0.15, 0.2) is 0 Å². The zero-order valence-corrected chi connectivity index (χ0v) is 13.2. The lowest BCUT2D eigenvalue weighted by Gasteiger charge is -2.11. The summed E-state index contributed by atoms with van der Waals surface area (Å²) in [5.74, 6) is -1.06. The van der Waals surface area contributed by atoms with Crippen LogP contribution < -0.4 is 10.6 Å². The topological polar surface area (TPSA) is 96.2 Å². The van der Waals surface area contributed by atoms with Gasteiger partial charge in [-0.25, -0.2) is 4.68 Å². The zero-order valence-electron chi connectivity index (χ0n) is 13.2. The number of hydrogen-bond donors (Lipinski definition) is 3. The molecule has 3 rings (SSSR count). The molecule has 1 saturated heterocycles. The van der Waals surface area contributed by atoms with E-state index in [0.29, 0.717) is 25.8 Å². The van der Waals surface area contributed by atoms with Crippen LogP contribution in [0.4, 0.5) is 0 Å². The van der Waals surface area contributed by atoms with Gasteiger partial charge in [0.2, 0.25) is 5.91 Å². The van der Waals surface area contributed by atoms with Crippen molar-refractivity contribution < 1.29 is 14.7 Å². The monoisotopic (exact) mass is 328 g/mol. The summed E-state index contributed by atoms with van der Waals surface area (Å²) >= 11 is 0. The Kier molecular flexibility index (Phi) is 4.90. The van der Waals surface area contributed by atoms with E-state index in [0.717, 1.165) is 11.4 Å². The van der Waals surface area contributed by atoms with Gasteiger partial charge in [0.1, 0.15) is 6.04 Å². The number of para-hydroxylation sites is 1. The largest absolute Gasteiger partial charge is 0.480 e. The Labute approximate surface area is 139 Å². The number of aromatic nitrogens is 2. The molecule has 3 N–H and O–H groups in total. The van der Waals surface area contributed by atoms with Crippen molar-refractivity contribution in [1.29, 1.82) is 0 Å². The number of nitrogens with one attached hydrogen (secondary N) is 2. The van der Waals surface area contributed by atoms with Gasteiger partial charge < -0.3 is 10.4 Å². The maximum absolute atomic E-state index is 12.0. The number of benzene rings is 1. The zero-order chi connectivity index (χ0) is 16.9. The first kappa shape index (κ1) is 16.2. The van der Waals surface area contributed by atoms with Crippen LogP contribution in [-0.4, -0.2) is 45.4 Å². The fourth-order valence-electron chi connectivity index (χ4n) is 2.80. The Morgan fingerprint density at radius 2 is 1.96 bits per heavy atom. The van der Waals surface area contributed by atoms with Crippen LogP contribution in [0.5, 0.6) is 0 Å². The van der Waals surface area contributed by atoms with Crippen molar-refractivity contribution in [3.63, 3.8) is 0 Å². The standard InChI is InChI=1S/C17H20N4O3/c22-16(14-6-7-15(19-14)17(23)24)18-10-8-12-9-11-21(20-12)13-4-2-1-3-5-13/h1-5,9,11,14-15,19H,6-8,10H2,(H,18,22)(H,23,24)/t14-,15+/m1/s1. The van der Waals surface area contributed by atoms with E-state index in [9.17, 15) is 9.59 Å². The lowest BCUT2D eigenvalue weighted by atomic mass is 10.2. The van der Waals surface area contributed by atoms with Gasteiger partial charge >= 0.3 is 5.97 Å². The van der Waals surface area contributed by atoms with E-state index in [2.05, 4.69) is 15.7 Å². The van der Waals surface area contributed by atoms with Crippen LogP contribution in [0.3, 0.4) is 0 Å². The van der Waals surface area contributed by atoms with E-state index in [4.69, 9.17) is 5.11 Å². The number of carboxylic acids is 1. The van der Waals surface area contributed by atoms with Gasteiger partial charge in [-0.15, -0.1) is 0 Å². The van der Waals surface area contributed by atoms with Gasteiger partial charge in [-0.1, -0.05) is 18.2 Å². The summed E-state index contributed by atoms with van der Waals surface area (Å²) in [4.78, 5) is 22.9. The molecule has 7 nitrogen and oxygen atoms in total. The van der Waals surface area contributed by atoms with E-state index in [1.54, 1.807) is 4.68 Å². The first-order valence-electron chi connectivity index (χ1n) is 8.00. The molecular weight excluding hydrogens is 308 g/mol. The second-order valence-electron chi connectivity index (χ2n) is 5.82. The van der Waals surface area contributed by atoms with Crippen molar-refractivity contribution in [3.05, 3.63) is 48.3 Å². The highest BCUT2D eigenvalue weighted by atomic mass is 16.4. The Bertz CT molecular complexity index is 714. The molecule has 0 aliphatic carbocycles. The van der Waals surface area contributed by atoms with Gasteiger partial charge in [0, 0.05) is 19.2 Å². The molecule has 1 aromatic heterocycles. The summed E-state index contributed by atoms with van der Waals surface area (Å²) in [6, 6.07) is 10.7. The van der Waals surface area contributed by atoms with E-state index in [-0.39, 0.29) is 5.91 Å². The molecule has 24 heavy (non-hydrogen) atoms. The van der Waals surface area contributed by atoms with Gasteiger partial charge in [0.25, 0.3) is 0 Å². The van der Waals surface area contributed by atoms with Gasteiger partial charge in [-0.05, 0) is 31.0 Å². The van der Waals surface area contributed by atoms with Gasteiger partial charge in [0.05, 0.1) is 17.4 Å². The summed E-state index contributed by atoms with van der Waals surface area (Å²) in [6.07, 6.45) is 3.55. The number of carbonyl (C=O) groups excluding carboxylic acids is 1. The fourth-order valence-corrected chi connectivity index (χ4v) is 2.80. The Morgan fingerprint density at radius 3 is 2.67 bits per heavy atom. The molecule has 7 heteroatoms. The molecule has 2 aromatic rings. The molecule has 126 valence electrons. The number of hydrogen-bond acceptors (Lipinski definition) is 4. The molecule has 0 unspecified atom stereocenters. The van der Waals surface area contributed by atoms with Crippen LogP contribution in [-0.2, 0) is 16.0 Å². The lowest BCUT2D eigenvalue weighted by molar-refractivity contribution is -0.139. The predicted molar refractivity (Wildman–Crippen MR) is 87.9 cm³/mol. The number of rotatable bonds is 6. The van der Waals surface area contributed by atoms with Crippen molar-refractivity contribution in [1.82, 2.24) is 20.4 Å². The van der Waals surface area contributed by atoms with E-state index < -0.39 is 18.1 Å². The van der Waals surface area contributed by atoms with Gasteiger partial charge in [-0.3, -0.25) is 14.9 Å². The Morgan fingerprint density at radius 1 is 1.21 bits per heavy atom. The van der Waals surface area contributed by atoms with E-state index in [1.807, 2.05) is 42.6 Å². The molecule has 0 saturated carbocycles. The van der Waals surface area contributed by atoms with Crippen LogP contribution >= 0.6 is 0 Å². The third-order valence-electron chi connectivity index (χ3n) is 4.11. The molecule has 1 fully saturated rings. The summed E-state index contributed by atoms with van der Waals surface area (Å²) in [6.45, 7) is 0.473. The SMILES string of the molecule is O=C(O)[C@@H]1CC[C@H](C(=O)NCCc2ccn(-c3ccccc3)n2)N1. The van der Waals surface area contributed by atoms with Crippen LogP contribution in [0, 0.1) is 0 Å². The van der Waals surface area contributed by atoms with Crippen LogP contribution in [0.1, 0.15) is 18.5 Å². The first-order valence-corrected chi connectivity index (χ1v) is 8.00. The molecule has 2 atom stereocenters. The summed E-state index contributed by atoms with van der Waals surface area (Å²) in [5.41, 5.74) is 1.88. The molecule has 0 spiro atoms. The maximum atomic E-state index is 12.0. The number of amides is 1. The molecule has 2 heterocycles. The normalized spacial score (nSPS) is 20.0. The van der Waals surface area contributed by atoms with Crippen molar-refractivity contribution in [2.45, 2.75) is 31.3 Å². The second-order valence-corrected chi connectivity index (χ2v) is 5.82. The van der Waals surface area contributed by atoms with Crippen LogP contribution in [0.15, 0.2) is 42.6 Å². The smallest absolute Gasteiger partial charge is 0.320 e. The summed E-state index contributed by atoms with van der Waals surface area (Å²) in [5, 5.41) is 19.1. The minimum absolute atomic E-state index is 0.152. The highest BCUT2D eigenvalue weighted by Crippen LogP contribution is 2.12. The average Bonchev–Trinajstić information content (AvgIpc) is 3.25. The molecular formula is C17H20N4O3. The number of carboxylic acid groups (broad SMARTS) is 1. The summed E-state index contributed by atoms with van der Waals surface area (Å²) < 4.78 is 1.80. The van der Waals surface area contributed by atoms with Crippen molar-refractivity contribution in [3.8, 4) is 5.69 Å². The first-order chi connectivity index (χ1) is 11.6. The second kappa shape index (κ2) is 7.27. The minimum atomic E-state index is -0.906. The lowest BCUT2D eigenvalue weighted by Crippen LogP contribution is -2.45. The number of aliphatic carboxylic acids is 1. The molecule has 1 aliphatic rings. The Hall–Kier alpha value is -2.67. The van der Waals surface area contributed by atoms with Crippen LogP contribution in [0.2, 0.25) is 0 Å². The third kappa shape index (κ3) is 3.80. The van der Waals surface area contributed by atoms with E-state index in [1.165, 1.54) is 0 Å². The van der Waals surface area contributed by atoms with Crippen molar-refractivity contribution in [2.75, 3.05) is 6.54 Å². The Balaban J connectivity index is 1.46. The highest BCUT2D eigenvalue weighted by Gasteiger charge is 2.32. The number of carbonyl (C=O) groups is 2. The molecule has 1 aromatic carbocycles. The van der Waals surface area contributed by atoms with E-state index >= 15 is 0 Å². The number of nitrogens with zero attached hydrogens (tertiary/aromatic N) is 2. The predicted octanol–water partition coefficient (Wildman–Crippen LogP) is 0.736. The molecule has 1 aliphatic heterocycles. The molecule has 0 bridgehead atoms.